The molecule has 4 nitrogen and oxygen atoms in total. The van der Waals surface area contributed by atoms with Crippen LogP contribution in [0.15, 0.2) is 42.5 Å². The van der Waals surface area contributed by atoms with E-state index in [1.165, 1.54) is 18.2 Å². The Bertz CT molecular complexity index is 1010. The van der Waals surface area contributed by atoms with Crippen LogP contribution in [0.25, 0.3) is 0 Å². The van der Waals surface area contributed by atoms with Gasteiger partial charge in [-0.1, -0.05) is 26.0 Å². The fourth-order valence-electron chi connectivity index (χ4n) is 4.84. The lowest BCUT2D eigenvalue weighted by Crippen LogP contribution is -2.61. The summed E-state index contributed by atoms with van der Waals surface area (Å²) in [5.74, 6) is -0.587. The molecule has 0 aromatic heterocycles. The molecule has 4 rings (SSSR count). The van der Waals surface area contributed by atoms with E-state index in [0.717, 1.165) is 18.2 Å². The molecule has 8 heteroatoms. The standard InChI is InChI=1S/C25H29F4N3O/c1-16(2)9-10-30-24(33)19-14-17-13-18(25(27,28)29)7-8-21(17)32-12-11-31(15-23(19)32)22-6-4-3-5-20(22)26/h3-8,13,16,19,23H,9-12,14-15H2,1-2H3,(H,30,33)/t19-,23+/m0/s1. The molecule has 0 bridgehead atoms. The van der Waals surface area contributed by atoms with E-state index >= 15 is 0 Å². The molecule has 0 saturated carbocycles. The molecule has 2 aromatic carbocycles. The maximum atomic E-state index is 14.5. The minimum atomic E-state index is -4.44. The first-order valence-electron chi connectivity index (χ1n) is 11.4. The van der Waals surface area contributed by atoms with Gasteiger partial charge < -0.3 is 15.1 Å². The lowest BCUT2D eigenvalue weighted by molar-refractivity contribution is -0.137. The second kappa shape index (κ2) is 9.23. The van der Waals surface area contributed by atoms with Crippen molar-refractivity contribution in [1.82, 2.24) is 5.32 Å². The molecule has 1 fully saturated rings. The number of fused-ring (bicyclic) bond motifs is 3. The number of para-hydroxylation sites is 1. The summed E-state index contributed by atoms with van der Waals surface area (Å²) in [4.78, 5) is 17.1. The molecule has 2 aliphatic heterocycles. The van der Waals surface area contributed by atoms with E-state index in [4.69, 9.17) is 0 Å². The summed E-state index contributed by atoms with van der Waals surface area (Å²) < 4.78 is 54.4. The molecule has 33 heavy (non-hydrogen) atoms. The highest BCUT2D eigenvalue weighted by Gasteiger charge is 2.43. The molecule has 178 valence electrons. The van der Waals surface area contributed by atoms with E-state index in [-0.39, 0.29) is 24.2 Å². The largest absolute Gasteiger partial charge is 0.416 e. The third-order valence-corrected chi connectivity index (χ3v) is 6.59. The highest BCUT2D eigenvalue weighted by atomic mass is 19.4. The monoisotopic (exact) mass is 463 g/mol. The Labute approximate surface area is 191 Å². The quantitative estimate of drug-likeness (QED) is 0.643. The second-order valence-corrected chi connectivity index (χ2v) is 9.28. The first-order valence-corrected chi connectivity index (χ1v) is 11.4. The lowest BCUT2D eigenvalue weighted by atomic mass is 9.82. The van der Waals surface area contributed by atoms with Crippen LogP contribution in [0.5, 0.6) is 0 Å². The van der Waals surface area contributed by atoms with Gasteiger partial charge in [0.05, 0.1) is 23.2 Å². The van der Waals surface area contributed by atoms with Gasteiger partial charge in [0.1, 0.15) is 5.82 Å². The van der Waals surface area contributed by atoms with Crippen LogP contribution < -0.4 is 15.1 Å². The number of halogens is 4. The summed E-state index contributed by atoms with van der Waals surface area (Å²) in [6.07, 6.45) is -3.40. The zero-order valence-corrected chi connectivity index (χ0v) is 18.8. The van der Waals surface area contributed by atoms with Crippen molar-refractivity contribution in [1.29, 1.82) is 0 Å². The maximum absolute atomic E-state index is 14.5. The van der Waals surface area contributed by atoms with Gasteiger partial charge in [-0.15, -0.1) is 0 Å². The van der Waals surface area contributed by atoms with Crippen LogP contribution in [0.1, 0.15) is 31.4 Å². The van der Waals surface area contributed by atoms with Crippen molar-refractivity contribution in [2.45, 2.75) is 38.9 Å². The van der Waals surface area contributed by atoms with Gasteiger partial charge in [-0.2, -0.15) is 13.2 Å². The van der Waals surface area contributed by atoms with Gasteiger partial charge >= 0.3 is 6.18 Å². The molecule has 2 heterocycles. The molecule has 2 aliphatic rings. The first kappa shape index (κ1) is 23.4. The number of benzene rings is 2. The van der Waals surface area contributed by atoms with E-state index in [1.807, 2.05) is 9.80 Å². The normalized spacial score (nSPS) is 20.5. The Morgan fingerprint density at radius 3 is 2.58 bits per heavy atom. The van der Waals surface area contributed by atoms with E-state index in [0.29, 0.717) is 43.3 Å². The average molecular weight is 464 g/mol. The van der Waals surface area contributed by atoms with Gasteiger partial charge in [-0.25, -0.2) is 4.39 Å². The van der Waals surface area contributed by atoms with Crippen molar-refractivity contribution in [2.75, 3.05) is 36.0 Å². The van der Waals surface area contributed by atoms with E-state index in [1.54, 1.807) is 18.2 Å². The highest BCUT2D eigenvalue weighted by molar-refractivity contribution is 5.82. The Kier molecular flexibility index (Phi) is 6.54. The molecule has 1 saturated heterocycles. The molecule has 2 aromatic rings. The molecule has 1 amide bonds. The number of alkyl halides is 3. The van der Waals surface area contributed by atoms with Crippen LogP contribution in [0.4, 0.5) is 28.9 Å². The number of nitrogens with zero attached hydrogens (tertiary/aromatic N) is 2. The topological polar surface area (TPSA) is 35.6 Å². The van der Waals surface area contributed by atoms with Crippen LogP contribution in [0, 0.1) is 17.7 Å². The number of piperazine rings is 1. The van der Waals surface area contributed by atoms with Gasteiger partial charge in [0.25, 0.3) is 0 Å². The molecule has 0 radical (unpaired) electrons. The number of anilines is 2. The van der Waals surface area contributed by atoms with Gasteiger partial charge in [-0.05, 0) is 54.7 Å². The number of amides is 1. The third kappa shape index (κ3) is 4.94. The predicted octanol–water partition coefficient (Wildman–Crippen LogP) is 4.87. The molecular formula is C25H29F4N3O. The molecular weight excluding hydrogens is 434 g/mol. The molecule has 0 unspecified atom stereocenters. The third-order valence-electron chi connectivity index (χ3n) is 6.59. The summed E-state index contributed by atoms with van der Waals surface area (Å²) in [6, 6.07) is 10.1. The van der Waals surface area contributed by atoms with E-state index < -0.39 is 17.7 Å². The van der Waals surface area contributed by atoms with Crippen LogP contribution in [-0.2, 0) is 17.4 Å². The summed E-state index contributed by atoms with van der Waals surface area (Å²) in [7, 11) is 0. The van der Waals surface area contributed by atoms with Crippen LogP contribution in [-0.4, -0.2) is 38.1 Å². The van der Waals surface area contributed by atoms with Crippen LogP contribution >= 0.6 is 0 Å². The SMILES string of the molecule is CC(C)CCNC(=O)[C@H]1Cc2cc(C(F)(F)F)ccc2N2CCN(c3ccccc3F)C[C@H]12. The second-order valence-electron chi connectivity index (χ2n) is 9.28. The molecule has 0 spiro atoms. The molecule has 0 aliphatic carbocycles. The number of nitrogens with one attached hydrogen (secondary N) is 1. The van der Waals surface area contributed by atoms with Crippen LogP contribution in [0.2, 0.25) is 0 Å². The zero-order valence-electron chi connectivity index (χ0n) is 18.8. The predicted molar refractivity (Wildman–Crippen MR) is 121 cm³/mol. The molecule has 1 N–H and O–H groups in total. The Hall–Kier alpha value is -2.77. The van der Waals surface area contributed by atoms with Gasteiger partial charge in [-0.3, -0.25) is 4.79 Å². The number of carbonyl (C=O) groups excluding carboxylic acids is 1. The fourth-order valence-corrected chi connectivity index (χ4v) is 4.84. The van der Waals surface area contributed by atoms with Crippen molar-refractivity contribution in [3.05, 3.63) is 59.4 Å². The highest BCUT2D eigenvalue weighted by Crippen LogP contribution is 2.40. The number of rotatable bonds is 5. The fraction of sp³-hybridized carbons (Fsp3) is 0.480. The number of carbonyl (C=O) groups is 1. The lowest BCUT2D eigenvalue weighted by Gasteiger charge is -2.49. The Morgan fingerprint density at radius 2 is 1.88 bits per heavy atom. The van der Waals surface area contributed by atoms with E-state index in [2.05, 4.69) is 19.2 Å². The minimum absolute atomic E-state index is 0.163. The van der Waals surface area contributed by atoms with Crippen LogP contribution in [0.3, 0.4) is 0 Å². The summed E-state index contributed by atoms with van der Waals surface area (Å²) in [6.45, 7) is 6.08. The zero-order chi connectivity index (χ0) is 23.8. The van der Waals surface area contributed by atoms with Crippen molar-refractivity contribution >= 4 is 17.3 Å². The van der Waals surface area contributed by atoms with Crippen molar-refractivity contribution in [2.24, 2.45) is 11.8 Å². The minimum Gasteiger partial charge on any atom is -0.365 e. The first-order chi connectivity index (χ1) is 15.6. The maximum Gasteiger partial charge on any atom is 0.416 e. The Morgan fingerprint density at radius 1 is 1.12 bits per heavy atom. The van der Waals surface area contributed by atoms with E-state index in [9.17, 15) is 22.4 Å². The summed E-state index contributed by atoms with van der Waals surface area (Å²) in [5, 5.41) is 2.98. The summed E-state index contributed by atoms with van der Waals surface area (Å²) >= 11 is 0. The Balaban J connectivity index is 1.65. The van der Waals surface area contributed by atoms with Gasteiger partial charge in [0, 0.05) is 31.9 Å². The average Bonchev–Trinajstić information content (AvgIpc) is 2.77. The van der Waals surface area contributed by atoms with Crippen molar-refractivity contribution in [3.8, 4) is 0 Å². The smallest absolute Gasteiger partial charge is 0.365 e. The van der Waals surface area contributed by atoms with Crippen molar-refractivity contribution < 1.29 is 22.4 Å². The number of hydrogen-bond donors (Lipinski definition) is 1. The number of hydrogen-bond acceptors (Lipinski definition) is 3. The van der Waals surface area contributed by atoms with Crippen molar-refractivity contribution in [3.63, 3.8) is 0 Å². The van der Waals surface area contributed by atoms with Gasteiger partial charge in [0.2, 0.25) is 5.91 Å². The van der Waals surface area contributed by atoms with Gasteiger partial charge in [0.15, 0.2) is 0 Å². The molecule has 2 atom stereocenters. The summed E-state index contributed by atoms with van der Waals surface area (Å²) in [5.41, 5.74) is 1.04.